The fourth-order valence-corrected chi connectivity index (χ4v) is 8.73. The second kappa shape index (κ2) is 57.4. The molecule has 0 unspecified atom stereocenters. The van der Waals surface area contributed by atoms with Crippen LogP contribution in [0.3, 0.4) is 0 Å². The van der Waals surface area contributed by atoms with Crippen molar-refractivity contribution in [2.24, 2.45) is 0 Å². The van der Waals surface area contributed by atoms with E-state index in [9.17, 15) is 9.59 Å². The van der Waals surface area contributed by atoms with Gasteiger partial charge in [0, 0.05) is 19.4 Å². The Balaban J connectivity index is 4.24. The molecule has 1 atom stereocenters. The third kappa shape index (κ3) is 54.7. The van der Waals surface area contributed by atoms with Gasteiger partial charge in [0.2, 0.25) is 0 Å². The molecule has 0 radical (unpaired) electrons. The molecule has 0 bridgehead atoms. The van der Waals surface area contributed by atoms with Crippen LogP contribution in [0, 0.1) is 0 Å². The number of unbranched alkanes of at least 4 members (excludes halogenated alkanes) is 38. The molecule has 0 rings (SSSR count). The van der Waals surface area contributed by atoms with Crippen LogP contribution in [-0.2, 0) is 23.8 Å². The van der Waals surface area contributed by atoms with Crippen LogP contribution in [0.2, 0.25) is 0 Å². The van der Waals surface area contributed by atoms with Gasteiger partial charge in [0.25, 0.3) is 0 Å². The maximum atomic E-state index is 12.7. The maximum Gasteiger partial charge on any atom is 0.305 e. The van der Waals surface area contributed by atoms with Gasteiger partial charge in [0.15, 0.2) is 0 Å². The first-order chi connectivity index (χ1) is 32.6. The molecule has 0 aliphatic heterocycles. The second-order valence-corrected chi connectivity index (χ2v) is 19.9. The topological polar surface area (TPSA) is 61.8 Å². The fourth-order valence-electron chi connectivity index (χ4n) is 8.73. The van der Waals surface area contributed by atoms with Crippen molar-refractivity contribution in [3.8, 4) is 0 Å². The number of carbonyl (C=O) groups is 2. The molecule has 0 saturated carbocycles. The van der Waals surface area contributed by atoms with E-state index >= 15 is 0 Å². The molecule has 0 aromatic rings. The van der Waals surface area contributed by atoms with E-state index < -0.39 is 6.10 Å². The number of rotatable bonds is 55. The van der Waals surface area contributed by atoms with Crippen molar-refractivity contribution in [3.05, 3.63) is 36.5 Å². The Labute approximate surface area is 412 Å². The van der Waals surface area contributed by atoms with Gasteiger partial charge < -0.3 is 14.2 Å². The van der Waals surface area contributed by atoms with Crippen molar-refractivity contribution in [1.29, 1.82) is 0 Å². The highest BCUT2D eigenvalue weighted by atomic mass is 16.6. The van der Waals surface area contributed by atoms with Gasteiger partial charge in [-0.15, -0.1) is 0 Å². The summed E-state index contributed by atoms with van der Waals surface area (Å²) < 4.78 is 17.5. The lowest BCUT2D eigenvalue weighted by Gasteiger charge is -2.18. The van der Waals surface area contributed by atoms with Crippen LogP contribution >= 0.6 is 0 Å². The van der Waals surface area contributed by atoms with Crippen LogP contribution in [0.15, 0.2) is 36.5 Å². The zero-order valence-electron chi connectivity index (χ0n) is 44.7. The average molecular weight is 928 g/mol. The van der Waals surface area contributed by atoms with Crippen LogP contribution in [0.5, 0.6) is 0 Å². The highest BCUT2D eigenvalue weighted by Crippen LogP contribution is 2.17. The second-order valence-electron chi connectivity index (χ2n) is 19.9. The summed E-state index contributed by atoms with van der Waals surface area (Å²) in [6.45, 7) is 7.73. The molecule has 0 aromatic heterocycles. The minimum atomic E-state index is -0.410. The molecule has 0 aliphatic carbocycles. The standard InChI is InChI=1S/C61H114O5/c1-4-7-10-13-16-19-22-25-28-30-31-32-34-37-40-43-46-49-52-55-61(63)66-58-59(64-56-53-50-47-44-41-38-35-29-26-23-20-17-14-11-8-5-2)57-65-60(62)54-51-48-45-42-39-36-33-27-24-21-18-15-12-9-6-3/h18,21,27,33,39,42,59H,4-17,19-20,22-26,28-32,34-38,40-41,43-58H2,1-3H3/b21-18-,33-27-,42-39-/t59-/m1/s1. The van der Waals surface area contributed by atoms with Crippen molar-refractivity contribution in [2.75, 3.05) is 19.8 Å². The Morgan fingerprint density at radius 1 is 0.318 bits per heavy atom. The molecule has 388 valence electrons. The lowest BCUT2D eigenvalue weighted by molar-refractivity contribution is -0.155. The summed E-state index contributed by atoms with van der Waals surface area (Å²) in [4.78, 5) is 25.3. The molecule has 0 aromatic carbocycles. The van der Waals surface area contributed by atoms with Crippen molar-refractivity contribution >= 4 is 11.9 Å². The van der Waals surface area contributed by atoms with Crippen molar-refractivity contribution in [2.45, 2.75) is 322 Å². The molecule has 0 N–H and O–H groups in total. The third-order valence-electron chi connectivity index (χ3n) is 13.2. The van der Waals surface area contributed by atoms with Gasteiger partial charge in [-0.3, -0.25) is 9.59 Å². The molecule has 0 amide bonds. The monoisotopic (exact) mass is 927 g/mol. The number of hydrogen-bond donors (Lipinski definition) is 0. The minimum Gasteiger partial charge on any atom is -0.463 e. The van der Waals surface area contributed by atoms with E-state index in [4.69, 9.17) is 14.2 Å². The lowest BCUT2D eigenvalue weighted by Crippen LogP contribution is -2.29. The van der Waals surface area contributed by atoms with Gasteiger partial charge >= 0.3 is 11.9 Å². The molecule has 0 aliphatic rings. The summed E-state index contributed by atoms with van der Waals surface area (Å²) in [7, 11) is 0. The SMILES string of the molecule is CCCCC/C=C\C/C=C\C/C=C\CCCCC(=O)OC[C@H](COC(=O)CCCCCCCCCCCCCCCCCCCCC)OCCCCCCCCCCCCCCCCCC. The van der Waals surface area contributed by atoms with E-state index in [1.807, 2.05) is 0 Å². The largest absolute Gasteiger partial charge is 0.463 e. The summed E-state index contributed by atoms with van der Waals surface area (Å²) >= 11 is 0. The molecular weight excluding hydrogens is 813 g/mol. The first kappa shape index (κ1) is 64.1. The highest BCUT2D eigenvalue weighted by molar-refractivity contribution is 5.69. The van der Waals surface area contributed by atoms with Crippen molar-refractivity contribution < 1.29 is 23.8 Å². The molecule has 0 fully saturated rings. The summed E-state index contributed by atoms with van der Waals surface area (Å²) in [6.07, 6.45) is 70.5. The Bertz CT molecular complexity index is 1050. The van der Waals surface area contributed by atoms with Gasteiger partial charge in [-0.2, -0.15) is 0 Å². The van der Waals surface area contributed by atoms with Gasteiger partial charge in [-0.05, 0) is 57.8 Å². The molecule has 5 nitrogen and oxygen atoms in total. The Morgan fingerprint density at radius 3 is 0.924 bits per heavy atom. The van der Waals surface area contributed by atoms with Crippen molar-refractivity contribution in [1.82, 2.24) is 0 Å². The first-order valence-corrected chi connectivity index (χ1v) is 29.5. The molecular formula is C61H114O5. The summed E-state index contributed by atoms with van der Waals surface area (Å²) in [5.41, 5.74) is 0. The van der Waals surface area contributed by atoms with E-state index in [2.05, 4.69) is 57.2 Å². The van der Waals surface area contributed by atoms with E-state index in [1.165, 1.54) is 225 Å². The number of esters is 2. The summed E-state index contributed by atoms with van der Waals surface area (Å²) in [6, 6.07) is 0. The van der Waals surface area contributed by atoms with E-state index in [0.29, 0.717) is 19.4 Å². The van der Waals surface area contributed by atoms with Crippen LogP contribution in [0.25, 0.3) is 0 Å². The number of ether oxygens (including phenoxy) is 3. The van der Waals surface area contributed by atoms with Gasteiger partial charge in [-0.25, -0.2) is 0 Å². The van der Waals surface area contributed by atoms with E-state index in [0.717, 1.165) is 57.8 Å². The molecule has 0 heterocycles. The predicted octanol–water partition coefficient (Wildman–Crippen LogP) is 20.1. The Morgan fingerprint density at radius 2 is 0.576 bits per heavy atom. The maximum absolute atomic E-state index is 12.7. The molecule has 5 heteroatoms. The van der Waals surface area contributed by atoms with E-state index in [-0.39, 0.29) is 25.2 Å². The van der Waals surface area contributed by atoms with Crippen LogP contribution in [0.4, 0.5) is 0 Å². The molecule has 0 saturated heterocycles. The van der Waals surface area contributed by atoms with Crippen LogP contribution in [0.1, 0.15) is 316 Å². The van der Waals surface area contributed by atoms with Gasteiger partial charge in [-0.1, -0.05) is 282 Å². The smallest absolute Gasteiger partial charge is 0.305 e. The zero-order valence-corrected chi connectivity index (χ0v) is 44.7. The molecule has 66 heavy (non-hydrogen) atoms. The highest BCUT2D eigenvalue weighted by Gasteiger charge is 2.16. The van der Waals surface area contributed by atoms with Crippen LogP contribution in [-0.4, -0.2) is 37.9 Å². The van der Waals surface area contributed by atoms with E-state index in [1.54, 1.807) is 0 Å². The number of carbonyl (C=O) groups excluding carboxylic acids is 2. The van der Waals surface area contributed by atoms with Gasteiger partial charge in [0.1, 0.15) is 19.3 Å². The third-order valence-corrected chi connectivity index (χ3v) is 13.2. The average Bonchev–Trinajstić information content (AvgIpc) is 3.32. The lowest BCUT2D eigenvalue weighted by atomic mass is 10.0. The molecule has 0 spiro atoms. The first-order valence-electron chi connectivity index (χ1n) is 29.5. The summed E-state index contributed by atoms with van der Waals surface area (Å²) in [5.74, 6) is -0.358. The van der Waals surface area contributed by atoms with Crippen molar-refractivity contribution in [3.63, 3.8) is 0 Å². The van der Waals surface area contributed by atoms with Crippen LogP contribution < -0.4 is 0 Å². The van der Waals surface area contributed by atoms with Gasteiger partial charge in [0.05, 0.1) is 0 Å². The Kier molecular flexibility index (Phi) is 55.8. The predicted molar refractivity (Wildman–Crippen MR) is 288 cm³/mol. The minimum absolute atomic E-state index is 0.143. The normalized spacial score (nSPS) is 12.3. The number of hydrogen-bond acceptors (Lipinski definition) is 5. The Hall–Kier alpha value is -1.88. The fraction of sp³-hybridized carbons (Fsp3) is 0.869. The number of allylic oxidation sites excluding steroid dienone is 6. The zero-order chi connectivity index (χ0) is 47.7. The quantitative estimate of drug-likeness (QED) is 0.0345. The summed E-state index contributed by atoms with van der Waals surface area (Å²) in [5, 5.41) is 0.